The predicted octanol–water partition coefficient (Wildman–Crippen LogP) is 0.206. The highest BCUT2D eigenvalue weighted by molar-refractivity contribution is 7.89. The fourth-order valence-electron chi connectivity index (χ4n) is 1.14. The lowest BCUT2D eigenvalue weighted by Crippen LogP contribution is -2.31. The molecular formula is C9H12F2N2O3S. The van der Waals surface area contributed by atoms with E-state index in [1.165, 1.54) is 6.92 Å². The van der Waals surface area contributed by atoms with E-state index in [-0.39, 0.29) is 12.2 Å². The molecule has 5 nitrogen and oxygen atoms in total. The van der Waals surface area contributed by atoms with Gasteiger partial charge >= 0.3 is 0 Å². The van der Waals surface area contributed by atoms with E-state index >= 15 is 0 Å². The van der Waals surface area contributed by atoms with Crippen molar-refractivity contribution in [2.24, 2.45) is 0 Å². The van der Waals surface area contributed by atoms with Crippen LogP contribution in [0.3, 0.4) is 0 Å². The van der Waals surface area contributed by atoms with Gasteiger partial charge < -0.3 is 10.8 Å². The third-order valence-corrected chi connectivity index (χ3v) is 3.33. The number of hydrogen-bond acceptors (Lipinski definition) is 4. The molecule has 0 fully saturated rings. The minimum atomic E-state index is -4.35. The SMILES string of the molecule is C[C@H](O)CNS(=O)(=O)c1c(F)cc(N)cc1F. The Hall–Kier alpha value is -1.25. The predicted molar refractivity (Wildman–Crippen MR) is 57.6 cm³/mol. The molecule has 1 aromatic carbocycles. The minimum absolute atomic E-state index is 0.213. The summed E-state index contributed by atoms with van der Waals surface area (Å²) in [6.07, 6.45) is -0.968. The van der Waals surface area contributed by atoms with Crippen molar-refractivity contribution in [2.75, 3.05) is 12.3 Å². The summed E-state index contributed by atoms with van der Waals surface area (Å²) in [4.78, 5) is -1.10. The molecule has 17 heavy (non-hydrogen) atoms. The van der Waals surface area contributed by atoms with Crippen molar-refractivity contribution in [3.63, 3.8) is 0 Å². The Morgan fingerprint density at radius 3 is 2.29 bits per heavy atom. The molecule has 0 heterocycles. The van der Waals surface area contributed by atoms with Gasteiger partial charge in [0.2, 0.25) is 10.0 Å². The highest BCUT2D eigenvalue weighted by Crippen LogP contribution is 2.21. The van der Waals surface area contributed by atoms with E-state index in [4.69, 9.17) is 10.8 Å². The Morgan fingerprint density at radius 1 is 1.41 bits per heavy atom. The van der Waals surface area contributed by atoms with Gasteiger partial charge in [0.15, 0.2) is 4.90 Å². The lowest BCUT2D eigenvalue weighted by Gasteiger charge is -2.10. The number of rotatable bonds is 4. The molecule has 0 unspecified atom stereocenters. The van der Waals surface area contributed by atoms with Gasteiger partial charge in [0.25, 0.3) is 0 Å². The van der Waals surface area contributed by atoms with E-state index in [0.717, 1.165) is 0 Å². The Balaban J connectivity index is 3.16. The second-order valence-electron chi connectivity index (χ2n) is 3.51. The van der Waals surface area contributed by atoms with Gasteiger partial charge in [-0.05, 0) is 19.1 Å². The molecular weight excluding hydrogens is 254 g/mol. The molecule has 0 aromatic heterocycles. The Labute approximate surface area is 97.3 Å². The average Bonchev–Trinajstić information content (AvgIpc) is 2.12. The smallest absolute Gasteiger partial charge is 0.246 e. The first-order chi connectivity index (χ1) is 7.74. The molecule has 0 bridgehead atoms. The van der Waals surface area contributed by atoms with E-state index in [1.54, 1.807) is 0 Å². The second-order valence-corrected chi connectivity index (χ2v) is 5.22. The normalized spacial score (nSPS) is 13.6. The van der Waals surface area contributed by atoms with Gasteiger partial charge in [0.1, 0.15) is 11.6 Å². The van der Waals surface area contributed by atoms with E-state index in [1.807, 2.05) is 4.72 Å². The zero-order valence-electron chi connectivity index (χ0n) is 8.94. The van der Waals surface area contributed by atoms with Crippen LogP contribution in [-0.4, -0.2) is 26.2 Å². The van der Waals surface area contributed by atoms with E-state index in [9.17, 15) is 17.2 Å². The third kappa shape index (κ3) is 3.35. The highest BCUT2D eigenvalue weighted by Gasteiger charge is 2.24. The number of halogens is 2. The summed E-state index contributed by atoms with van der Waals surface area (Å²) in [6, 6.07) is 1.42. The Bertz CT molecular complexity index is 494. The fourth-order valence-corrected chi connectivity index (χ4v) is 2.37. The molecule has 0 amide bonds. The summed E-state index contributed by atoms with van der Waals surface area (Å²) in [5.74, 6) is -2.55. The number of aliphatic hydroxyl groups is 1. The average molecular weight is 266 g/mol. The molecule has 0 aliphatic heterocycles. The van der Waals surface area contributed by atoms with Crippen LogP contribution >= 0.6 is 0 Å². The maximum atomic E-state index is 13.3. The van der Waals surface area contributed by atoms with Crippen LogP contribution in [0.1, 0.15) is 6.92 Å². The second kappa shape index (κ2) is 4.94. The molecule has 1 atom stereocenters. The summed E-state index contributed by atoms with van der Waals surface area (Å²) in [5, 5.41) is 8.91. The molecule has 1 aromatic rings. The topological polar surface area (TPSA) is 92.4 Å². The van der Waals surface area contributed by atoms with Crippen LogP contribution in [-0.2, 0) is 10.0 Å². The quantitative estimate of drug-likeness (QED) is 0.679. The van der Waals surface area contributed by atoms with E-state index in [2.05, 4.69) is 0 Å². The van der Waals surface area contributed by atoms with Crippen molar-refractivity contribution >= 4 is 15.7 Å². The van der Waals surface area contributed by atoms with Crippen LogP contribution < -0.4 is 10.5 Å². The van der Waals surface area contributed by atoms with Crippen LogP contribution in [0.25, 0.3) is 0 Å². The number of hydrogen-bond donors (Lipinski definition) is 3. The third-order valence-electron chi connectivity index (χ3n) is 1.86. The summed E-state index contributed by atoms with van der Waals surface area (Å²) < 4.78 is 51.6. The minimum Gasteiger partial charge on any atom is -0.399 e. The Morgan fingerprint density at radius 2 is 1.88 bits per heavy atom. The molecule has 0 saturated heterocycles. The number of anilines is 1. The number of sulfonamides is 1. The van der Waals surface area contributed by atoms with Gasteiger partial charge in [-0.2, -0.15) is 0 Å². The van der Waals surface area contributed by atoms with Crippen LogP contribution in [0, 0.1) is 11.6 Å². The summed E-state index contributed by atoms with van der Waals surface area (Å²) in [6.45, 7) is 0.990. The van der Waals surface area contributed by atoms with Crippen LogP contribution in [0.15, 0.2) is 17.0 Å². The molecule has 4 N–H and O–H groups in total. The summed E-state index contributed by atoms with van der Waals surface area (Å²) >= 11 is 0. The standard InChI is InChI=1S/C9H12F2N2O3S/c1-5(14)4-13-17(15,16)9-7(10)2-6(12)3-8(9)11/h2-3,5,13-14H,4,12H2,1H3/t5-/m0/s1. The van der Waals surface area contributed by atoms with Gasteiger partial charge in [-0.1, -0.05) is 0 Å². The maximum Gasteiger partial charge on any atom is 0.246 e. The molecule has 0 spiro atoms. The molecule has 0 aliphatic carbocycles. The Kier molecular flexibility index (Phi) is 4.02. The van der Waals surface area contributed by atoms with E-state index < -0.39 is 32.7 Å². The van der Waals surface area contributed by atoms with Crippen molar-refractivity contribution in [3.8, 4) is 0 Å². The van der Waals surface area contributed by atoms with Crippen LogP contribution in [0.4, 0.5) is 14.5 Å². The molecule has 0 saturated carbocycles. The number of nitrogens with one attached hydrogen (secondary N) is 1. The van der Waals surface area contributed by atoms with Crippen molar-refractivity contribution in [2.45, 2.75) is 17.9 Å². The first kappa shape index (κ1) is 13.8. The van der Waals surface area contributed by atoms with Crippen molar-refractivity contribution in [1.29, 1.82) is 0 Å². The number of nitrogens with two attached hydrogens (primary N) is 1. The highest BCUT2D eigenvalue weighted by atomic mass is 32.2. The molecule has 96 valence electrons. The van der Waals surface area contributed by atoms with Gasteiger partial charge in [0, 0.05) is 12.2 Å². The largest absolute Gasteiger partial charge is 0.399 e. The summed E-state index contributed by atoms with van der Waals surface area (Å²) in [5.41, 5.74) is 4.95. The number of benzene rings is 1. The molecule has 0 aliphatic rings. The van der Waals surface area contributed by atoms with Crippen molar-refractivity contribution in [1.82, 2.24) is 4.72 Å². The number of nitrogen functional groups attached to an aromatic ring is 1. The van der Waals surface area contributed by atoms with Crippen molar-refractivity contribution < 1.29 is 22.3 Å². The molecule has 0 radical (unpaired) electrons. The maximum absolute atomic E-state index is 13.3. The molecule has 1 rings (SSSR count). The van der Waals surface area contributed by atoms with Gasteiger partial charge in [-0.15, -0.1) is 0 Å². The monoisotopic (exact) mass is 266 g/mol. The summed E-state index contributed by atoms with van der Waals surface area (Å²) in [7, 11) is -4.35. The van der Waals surface area contributed by atoms with E-state index in [0.29, 0.717) is 12.1 Å². The van der Waals surface area contributed by atoms with Crippen molar-refractivity contribution in [3.05, 3.63) is 23.8 Å². The van der Waals surface area contributed by atoms with Gasteiger partial charge in [-0.3, -0.25) is 0 Å². The first-order valence-corrected chi connectivity index (χ1v) is 6.14. The lowest BCUT2D eigenvalue weighted by molar-refractivity contribution is 0.198. The molecule has 8 heteroatoms. The van der Waals surface area contributed by atoms with Crippen LogP contribution in [0.5, 0.6) is 0 Å². The number of aliphatic hydroxyl groups excluding tert-OH is 1. The fraction of sp³-hybridized carbons (Fsp3) is 0.333. The zero-order chi connectivity index (χ0) is 13.2. The van der Waals surface area contributed by atoms with Gasteiger partial charge in [0.05, 0.1) is 6.10 Å². The van der Waals surface area contributed by atoms with Gasteiger partial charge in [-0.25, -0.2) is 21.9 Å². The lowest BCUT2D eigenvalue weighted by atomic mass is 10.3. The first-order valence-electron chi connectivity index (χ1n) is 4.66. The zero-order valence-corrected chi connectivity index (χ0v) is 9.76. The van der Waals surface area contributed by atoms with Crippen LogP contribution in [0.2, 0.25) is 0 Å².